The molecule has 0 atom stereocenters. The van der Waals surface area contributed by atoms with Gasteiger partial charge < -0.3 is 9.80 Å². The standard InChI is InChI=1S/C21H24FN3O3S/c22-18-5-7-19(8-6-18)23-13-15-24(16-14-23)21(26)17-3-9-20(10-4-17)29(27,28)25-11-1-2-12-25/h3-10H,1-2,11-16H2. The van der Waals surface area contributed by atoms with E-state index in [1.165, 1.54) is 28.6 Å². The van der Waals surface area contributed by atoms with Crippen molar-refractivity contribution in [2.75, 3.05) is 44.2 Å². The monoisotopic (exact) mass is 417 g/mol. The van der Waals surface area contributed by atoms with Crippen molar-refractivity contribution < 1.29 is 17.6 Å². The third-order valence-electron chi connectivity index (χ3n) is 5.56. The van der Waals surface area contributed by atoms with E-state index < -0.39 is 10.0 Å². The third kappa shape index (κ3) is 4.13. The second-order valence-corrected chi connectivity index (χ2v) is 9.33. The molecule has 2 aliphatic heterocycles. The molecule has 2 aliphatic rings. The van der Waals surface area contributed by atoms with E-state index in [0.29, 0.717) is 44.8 Å². The van der Waals surface area contributed by atoms with E-state index in [4.69, 9.17) is 0 Å². The average Bonchev–Trinajstić information content (AvgIpc) is 3.30. The molecule has 6 nitrogen and oxygen atoms in total. The molecule has 0 bridgehead atoms. The zero-order valence-electron chi connectivity index (χ0n) is 16.1. The van der Waals surface area contributed by atoms with Crippen LogP contribution in [0.15, 0.2) is 53.4 Å². The fourth-order valence-corrected chi connectivity index (χ4v) is 5.37. The van der Waals surface area contributed by atoms with Gasteiger partial charge in [0, 0.05) is 50.5 Å². The molecule has 2 aromatic rings. The van der Waals surface area contributed by atoms with E-state index in [0.717, 1.165) is 18.5 Å². The minimum atomic E-state index is -3.47. The van der Waals surface area contributed by atoms with Gasteiger partial charge in [-0.25, -0.2) is 12.8 Å². The molecule has 2 saturated heterocycles. The van der Waals surface area contributed by atoms with Crippen LogP contribution in [0.2, 0.25) is 0 Å². The summed E-state index contributed by atoms with van der Waals surface area (Å²) in [5, 5.41) is 0. The van der Waals surface area contributed by atoms with Gasteiger partial charge in [0.2, 0.25) is 10.0 Å². The summed E-state index contributed by atoms with van der Waals surface area (Å²) in [5.74, 6) is -0.369. The van der Waals surface area contributed by atoms with Crippen LogP contribution in [0.3, 0.4) is 0 Å². The Labute approximate surface area is 170 Å². The average molecular weight is 418 g/mol. The quantitative estimate of drug-likeness (QED) is 0.767. The number of nitrogens with zero attached hydrogens (tertiary/aromatic N) is 3. The Morgan fingerprint density at radius 2 is 1.38 bits per heavy atom. The number of hydrogen-bond donors (Lipinski definition) is 0. The van der Waals surface area contributed by atoms with Crippen LogP contribution in [0.5, 0.6) is 0 Å². The lowest BCUT2D eigenvalue weighted by molar-refractivity contribution is 0.0746. The molecule has 0 radical (unpaired) electrons. The molecule has 0 saturated carbocycles. The van der Waals surface area contributed by atoms with Crippen molar-refractivity contribution in [3.63, 3.8) is 0 Å². The lowest BCUT2D eigenvalue weighted by atomic mass is 10.1. The smallest absolute Gasteiger partial charge is 0.253 e. The summed E-state index contributed by atoms with van der Waals surface area (Å²) in [6.45, 7) is 3.56. The highest BCUT2D eigenvalue weighted by atomic mass is 32.2. The van der Waals surface area contributed by atoms with Crippen LogP contribution in [-0.2, 0) is 10.0 Å². The zero-order chi connectivity index (χ0) is 20.4. The molecule has 4 rings (SSSR count). The number of carbonyl (C=O) groups excluding carboxylic acids is 1. The predicted molar refractivity (Wildman–Crippen MR) is 109 cm³/mol. The first-order valence-electron chi connectivity index (χ1n) is 9.85. The molecule has 2 heterocycles. The largest absolute Gasteiger partial charge is 0.368 e. The fraction of sp³-hybridized carbons (Fsp3) is 0.381. The van der Waals surface area contributed by atoms with Gasteiger partial charge in [-0.1, -0.05) is 0 Å². The maximum atomic E-state index is 13.1. The Hall–Kier alpha value is -2.45. The van der Waals surface area contributed by atoms with E-state index in [1.807, 2.05) is 0 Å². The lowest BCUT2D eigenvalue weighted by Gasteiger charge is -2.36. The molecule has 8 heteroatoms. The highest BCUT2D eigenvalue weighted by Crippen LogP contribution is 2.22. The maximum absolute atomic E-state index is 13.1. The highest BCUT2D eigenvalue weighted by molar-refractivity contribution is 7.89. The number of carbonyl (C=O) groups is 1. The van der Waals surface area contributed by atoms with Crippen molar-refractivity contribution in [1.82, 2.24) is 9.21 Å². The Kier molecular flexibility index (Phi) is 5.56. The van der Waals surface area contributed by atoms with Crippen molar-refractivity contribution in [1.29, 1.82) is 0 Å². The third-order valence-corrected chi connectivity index (χ3v) is 7.48. The molecule has 0 unspecified atom stereocenters. The topological polar surface area (TPSA) is 60.9 Å². The van der Waals surface area contributed by atoms with E-state index in [-0.39, 0.29) is 16.6 Å². The maximum Gasteiger partial charge on any atom is 0.253 e. The number of halogens is 1. The van der Waals surface area contributed by atoms with Crippen molar-refractivity contribution in [2.24, 2.45) is 0 Å². The fourth-order valence-electron chi connectivity index (χ4n) is 3.85. The number of amides is 1. The van der Waals surface area contributed by atoms with E-state index in [9.17, 15) is 17.6 Å². The van der Waals surface area contributed by atoms with Crippen LogP contribution in [0, 0.1) is 5.82 Å². The van der Waals surface area contributed by atoms with Gasteiger partial charge in [0.25, 0.3) is 5.91 Å². The van der Waals surface area contributed by atoms with Crippen LogP contribution in [-0.4, -0.2) is 62.8 Å². The Balaban J connectivity index is 1.39. The van der Waals surface area contributed by atoms with Gasteiger partial charge in [-0.15, -0.1) is 0 Å². The van der Waals surface area contributed by atoms with Gasteiger partial charge in [0.1, 0.15) is 5.82 Å². The molecule has 0 aliphatic carbocycles. The summed E-state index contributed by atoms with van der Waals surface area (Å²) in [5.41, 5.74) is 1.43. The Morgan fingerprint density at radius 3 is 1.97 bits per heavy atom. The molecule has 2 aromatic carbocycles. The van der Waals surface area contributed by atoms with Gasteiger partial charge in [0.15, 0.2) is 0 Å². The summed E-state index contributed by atoms with van der Waals surface area (Å²) in [4.78, 5) is 16.9. The predicted octanol–water partition coefficient (Wildman–Crippen LogP) is 2.57. The van der Waals surface area contributed by atoms with E-state index in [2.05, 4.69) is 4.90 Å². The van der Waals surface area contributed by atoms with E-state index >= 15 is 0 Å². The molecule has 0 spiro atoms. The highest BCUT2D eigenvalue weighted by Gasteiger charge is 2.28. The van der Waals surface area contributed by atoms with Crippen molar-refractivity contribution >= 4 is 21.6 Å². The van der Waals surface area contributed by atoms with Crippen molar-refractivity contribution in [3.8, 4) is 0 Å². The summed E-state index contributed by atoms with van der Waals surface area (Å²) in [6.07, 6.45) is 1.78. The number of hydrogen-bond acceptors (Lipinski definition) is 4. The van der Waals surface area contributed by atoms with Gasteiger partial charge in [-0.3, -0.25) is 4.79 Å². The summed E-state index contributed by atoms with van der Waals surface area (Å²) in [6, 6.07) is 12.6. The molecular weight excluding hydrogens is 393 g/mol. The molecule has 154 valence electrons. The number of rotatable bonds is 4. The Bertz CT molecular complexity index is 963. The minimum absolute atomic E-state index is 0.103. The first-order valence-corrected chi connectivity index (χ1v) is 11.3. The van der Waals surface area contributed by atoms with Crippen LogP contribution in [0.4, 0.5) is 10.1 Å². The SMILES string of the molecule is O=C(c1ccc(S(=O)(=O)N2CCCC2)cc1)N1CCN(c2ccc(F)cc2)CC1. The molecule has 2 fully saturated rings. The normalized spacial score (nSPS) is 18.2. The van der Waals surface area contributed by atoms with Gasteiger partial charge in [-0.2, -0.15) is 4.31 Å². The Morgan fingerprint density at radius 1 is 0.793 bits per heavy atom. The second kappa shape index (κ2) is 8.12. The van der Waals surface area contributed by atoms with Gasteiger partial charge in [-0.05, 0) is 61.4 Å². The number of piperazine rings is 1. The van der Waals surface area contributed by atoms with Crippen molar-refractivity contribution in [3.05, 3.63) is 59.9 Å². The van der Waals surface area contributed by atoms with Crippen LogP contribution in [0.1, 0.15) is 23.2 Å². The first kappa shape index (κ1) is 19.8. The molecular formula is C21H24FN3O3S. The molecule has 0 aromatic heterocycles. The summed E-state index contributed by atoms with van der Waals surface area (Å²) >= 11 is 0. The number of benzene rings is 2. The first-order chi connectivity index (χ1) is 13.9. The second-order valence-electron chi connectivity index (χ2n) is 7.39. The minimum Gasteiger partial charge on any atom is -0.368 e. The van der Waals surface area contributed by atoms with Gasteiger partial charge in [0.05, 0.1) is 4.90 Å². The van der Waals surface area contributed by atoms with Crippen molar-refractivity contribution in [2.45, 2.75) is 17.7 Å². The summed E-state index contributed by atoms with van der Waals surface area (Å²) < 4.78 is 39.8. The number of sulfonamides is 1. The number of anilines is 1. The molecule has 29 heavy (non-hydrogen) atoms. The summed E-state index contributed by atoms with van der Waals surface area (Å²) in [7, 11) is -3.47. The molecule has 0 N–H and O–H groups in total. The zero-order valence-corrected chi connectivity index (χ0v) is 16.9. The molecule has 1 amide bonds. The van der Waals surface area contributed by atoms with Crippen LogP contribution < -0.4 is 4.90 Å². The lowest BCUT2D eigenvalue weighted by Crippen LogP contribution is -2.48. The van der Waals surface area contributed by atoms with Crippen LogP contribution >= 0.6 is 0 Å². The van der Waals surface area contributed by atoms with Gasteiger partial charge >= 0.3 is 0 Å². The van der Waals surface area contributed by atoms with E-state index in [1.54, 1.807) is 29.2 Å². The van der Waals surface area contributed by atoms with Crippen LogP contribution in [0.25, 0.3) is 0 Å².